The molecule has 0 saturated carbocycles. The minimum atomic E-state index is -3.57. The summed E-state index contributed by atoms with van der Waals surface area (Å²) in [6.07, 6.45) is 2.79. The number of rotatable bonds is 7. The van der Waals surface area contributed by atoms with Crippen LogP contribution in [0.25, 0.3) is 10.2 Å². The van der Waals surface area contributed by atoms with Gasteiger partial charge in [-0.3, -0.25) is 4.79 Å². The van der Waals surface area contributed by atoms with Crippen LogP contribution in [0.2, 0.25) is 0 Å². The van der Waals surface area contributed by atoms with E-state index in [1.165, 1.54) is 23.5 Å². The molecule has 0 N–H and O–H groups in total. The molecule has 0 bridgehead atoms. The Morgan fingerprint density at radius 2 is 1.91 bits per heavy atom. The van der Waals surface area contributed by atoms with E-state index in [-0.39, 0.29) is 10.9 Å². The zero-order valence-electron chi connectivity index (χ0n) is 18.9. The van der Waals surface area contributed by atoms with Gasteiger partial charge in [0, 0.05) is 31.3 Å². The topological polar surface area (TPSA) is 81.0 Å². The van der Waals surface area contributed by atoms with Crippen LogP contribution >= 0.6 is 11.3 Å². The average molecular weight is 488 g/mol. The third kappa shape index (κ3) is 5.11. The van der Waals surface area contributed by atoms with E-state index >= 15 is 0 Å². The molecule has 0 unspecified atom stereocenters. The maximum atomic E-state index is 13.0. The first-order valence-corrected chi connectivity index (χ1v) is 13.5. The SMILES string of the molecule is CCOCCn1c(=NC(=O)c2ccc(S(=O)(=O)N3CCCC[C@@H]3C)cc2)sc2ccccc21. The van der Waals surface area contributed by atoms with Gasteiger partial charge >= 0.3 is 0 Å². The Morgan fingerprint density at radius 3 is 2.64 bits per heavy atom. The van der Waals surface area contributed by atoms with Gasteiger partial charge in [-0.05, 0) is 63.1 Å². The highest BCUT2D eigenvalue weighted by Crippen LogP contribution is 2.25. The molecule has 1 aliphatic heterocycles. The van der Waals surface area contributed by atoms with Gasteiger partial charge in [0.15, 0.2) is 4.80 Å². The minimum Gasteiger partial charge on any atom is -0.380 e. The summed E-state index contributed by atoms with van der Waals surface area (Å²) in [6, 6.07) is 14.0. The molecule has 1 aromatic heterocycles. The highest BCUT2D eigenvalue weighted by Gasteiger charge is 2.30. The van der Waals surface area contributed by atoms with Crippen molar-refractivity contribution in [2.75, 3.05) is 19.8 Å². The van der Waals surface area contributed by atoms with E-state index < -0.39 is 15.9 Å². The summed E-state index contributed by atoms with van der Waals surface area (Å²) in [6.45, 7) is 6.17. The van der Waals surface area contributed by atoms with E-state index in [1.54, 1.807) is 16.4 Å². The lowest BCUT2D eigenvalue weighted by Gasteiger charge is -2.32. The molecule has 1 atom stereocenters. The molecule has 33 heavy (non-hydrogen) atoms. The Bertz CT molecular complexity index is 1290. The van der Waals surface area contributed by atoms with Crippen LogP contribution < -0.4 is 4.80 Å². The molecule has 1 amide bonds. The third-order valence-corrected chi connectivity index (χ3v) is 8.99. The number of fused-ring (bicyclic) bond motifs is 1. The standard InChI is InChI=1S/C24H29N3O4S2/c1-3-31-17-16-26-21-9-4-5-10-22(21)32-24(26)25-23(28)19-11-13-20(14-12-19)33(29,30)27-15-7-6-8-18(27)2/h4-5,9-14,18H,3,6-8,15-17H2,1-2H3/t18-/m0/s1. The molecule has 2 aromatic carbocycles. The normalized spacial score (nSPS) is 18.1. The van der Waals surface area contributed by atoms with Crippen LogP contribution in [-0.4, -0.2) is 49.0 Å². The van der Waals surface area contributed by atoms with Gasteiger partial charge in [-0.25, -0.2) is 8.42 Å². The molecular formula is C24H29N3O4S2. The second-order valence-corrected chi connectivity index (χ2v) is 11.0. The maximum absolute atomic E-state index is 13.0. The number of nitrogens with zero attached hydrogens (tertiary/aromatic N) is 3. The van der Waals surface area contributed by atoms with Gasteiger partial charge in [-0.1, -0.05) is 29.9 Å². The molecule has 2 heterocycles. The molecule has 0 radical (unpaired) electrons. The maximum Gasteiger partial charge on any atom is 0.279 e. The van der Waals surface area contributed by atoms with Crippen molar-refractivity contribution in [2.24, 2.45) is 4.99 Å². The van der Waals surface area contributed by atoms with E-state index in [9.17, 15) is 13.2 Å². The first kappa shape index (κ1) is 23.8. The third-order valence-electron chi connectivity index (χ3n) is 5.90. The number of para-hydroxylation sites is 1. The summed E-state index contributed by atoms with van der Waals surface area (Å²) in [5, 5.41) is 0. The number of hydrogen-bond donors (Lipinski definition) is 0. The Hall–Kier alpha value is -2.33. The number of aromatic nitrogens is 1. The summed E-state index contributed by atoms with van der Waals surface area (Å²) < 4.78 is 36.2. The Morgan fingerprint density at radius 1 is 1.15 bits per heavy atom. The van der Waals surface area contributed by atoms with E-state index in [2.05, 4.69) is 4.99 Å². The van der Waals surface area contributed by atoms with E-state index in [0.29, 0.717) is 36.7 Å². The lowest BCUT2D eigenvalue weighted by atomic mass is 10.1. The Kier molecular flexibility index (Phi) is 7.43. The van der Waals surface area contributed by atoms with Crippen molar-refractivity contribution in [3.63, 3.8) is 0 Å². The fraction of sp³-hybridized carbons (Fsp3) is 0.417. The zero-order valence-corrected chi connectivity index (χ0v) is 20.6. The van der Waals surface area contributed by atoms with Gasteiger partial charge in [0.05, 0.1) is 21.7 Å². The second-order valence-electron chi connectivity index (χ2n) is 8.10. The Balaban J connectivity index is 1.61. The summed E-state index contributed by atoms with van der Waals surface area (Å²) in [4.78, 5) is 18.1. The van der Waals surface area contributed by atoms with Crippen LogP contribution in [0.4, 0.5) is 0 Å². The van der Waals surface area contributed by atoms with E-state index in [1.807, 2.05) is 42.7 Å². The van der Waals surface area contributed by atoms with Crippen molar-refractivity contribution in [3.8, 4) is 0 Å². The van der Waals surface area contributed by atoms with Gasteiger partial charge in [-0.2, -0.15) is 9.30 Å². The molecule has 176 valence electrons. The summed E-state index contributed by atoms with van der Waals surface area (Å²) in [5.41, 5.74) is 1.36. The van der Waals surface area contributed by atoms with Crippen LogP contribution in [0, 0.1) is 0 Å². The molecule has 1 aliphatic rings. The number of carbonyl (C=O) groups excluding carboxylic acids is 1. The molecule has 4 rings (SSSR count). The largest absolute Gasteiger partial charge is 0.380 e. The molecule has 1 saturated heterocycles. The fourth-order valence-corrected chi connectivity index (χ4v) is 6.86. The van der Waals surface area contributed by atoms with Crippen molar-refractivity contribution in [1.82, 2.24) is 8.87 Å². The van der Waals surface area contributed by atoms with Crippen molar-refractivity contribution >= 4 is 37.5 Å². The van der Waals surface area contributed by atoms with Gasteiger partial charge in [0.2, 0.25) is 10.0 Å². The first-order chi connectivity index (χ1) is 15.9. The number of amides is 1. The fourth-order valence-electron chi connectivity index (χ4n) is 4.11. The van der Waals surface area contributed by atoms with Crippen LogP contribution in [0.3, 0.4) is 0 Å². The van der Waals surface area contributed by atoms with Crippen molar-refractivity contribution in [3.05, 3.63) is 58.9 Å². The molecule has 0 spiro atoms. The average Bonchev–Trinajstić information content (AvgIpc) is 3.16. The summed E-state index contributed by atoms with van der Waals surface area (Å²) in [7, 11) is -3.57. The summed E-state index contributed by atoms with van der Waals surface area (Å²) >= 11 is 1.45. The van der Waals surface area contributed by atoms with Crippen molar-refractivity contribution in [2.45, 2.75) is 50.6 Å². The molecule has 3 aromatic rings. The lowest BCUT2D eigenvalue weighted by Crippen LogP contribution is -2.41. The number of ether oxygens (including phenoxy) is 1. The van der Waals surface area contributed by atoms with Crippen LogP contribution in [0.1, 0.15) is 43.5 Å². The number of carbonyl (C=O) groups is 1. The molecule has 0 aliphatic carbocycles. The van der Waals surface area contributed by atoms with Crippen molar-refractivity contribution < 1.29 is 17.9 Å². The molecule has 1 fully saturated rings. The number of hydrogen-bond acceptors (Lipinski definition) is 5. The van der Waals surface area contributed by atoms with Gasteiger partial charge in [0.1, 0.15) is 0 Å². The van der Waals surface area contributed by atoms with Crippen LogP contribution in [0.5, 0.6) is 0 Å². The monoisotopic (exact) mass is 487 g/mol. The lowest BCUT2D eigenvalue weighted by molar-refractivity contribution is 0.0996. The molecule has 7 nitrogen and oxygen atoms in total. The first-order valence-electron chi connectivity index (χ1n) is 11.3. The van der Waals surface area contributed by atoms with Gasteiger partial charge in [0.25, 0.3) is 5.91 Å². The number of sulfonamides is 1. The van der Waals surface area contributed by atoms with Crippen molar-refractivity contribution in [1.29, 1.82) is 0 Å². The van der Waals surface area contributed by atoms with Crippen LogP contribution in [0.15, 0.2) is 58.4 Å². The number of benzene rings is 2. The summed E-state index contributed by atoms with van der Waals surface area (Å²) in [5.74, 6) is -0.401. The number of thiazole rings is 1. The predicted octanol–water partition coefficient (Wildman–Crippen LogP) is 4.04. The smallest absolute Gasteiger partial charge is 0.279 e. The predicted molar refractivity (Wildman–Crippen MR) is 130 cm³/mol. The highest BCUT2D eigenvalue weighted by atomic mass is 32.2. The van der Waals surface area contributed by atoms with Gasteiger partial charge < -0.3 is 9.30 Å². The van der Waals surface area contributed by atoms with E-state index in [4.69, 9.17) is 4.74 Å². The molecular weight excluding hydrogens is 458 g/mol. The second kappa shape index (κ2) is 10.3. The van der Waals surface area contributed by atoms with Gasteiger partial charge in [-0.15, -0.1) is 0 Å². The molecule has 9 heteroatoms. The minimum absolute atomic E-state index is 0.0137. The zero-order chi connectivity index (χ0) is 23.4. The Labute approximate surface area is 198 Å². The quantitative estimate of drug-likeness (QED) is 0.471. The van der Waals surface area contributed by atoms with Crippen LogP contribution in [-0.2, 0) is 21.3 Å². The number of piperidine rings is 1. The highest BCUT2D eigenvalue weighted by molar-refractivity contribution is 7.89. The van der Waals surface area contributed by atoms with E-state index in [0.717, 1.165) is 29.5 Å².